The molecular weight excluding hydrogens is 415 g/mol. The average molecular weight is 448 g/mol. The summed E-state index contributed by atoms with van der Waals surface area (Å²) in [7, 11) is 5.68. The monoisotopic (exact) mass is 448 g/mol. The molecule has 0 atom stereocenters. The van der Waals surface area contributed by atoms with Gasteiger partial charge in [-0.15, -0.1) is 24.0 Å². The highest BCUT2D eigenvalue weighted by atomic mass is 127. The lowest BCUT2D eigenvalue weighted by atomic mass is 10.1. The summed E-state index contributed by atoms with van der Waals surface area (Å²) >= 11 is 0. The Labute approximate surface area is 164 Å². The van der Waals surface area contributed by atoms with Gasteiger partial charge in [0.15, 0.2) is 5.96 Å². The van der Waals surface area contributed by atoms with Crippen molar-refractivity contribution < 1.29 is 4.74 Å². The maximum absolute atomic E-state index is 5.07. The van der Waals surface area contributed by atoms with Crippen molar-refractivity contribution in [1.82, 2.24) is 15.5 Å². The van der Waals surface area contributed by atoms with Crippen LogP contribution in [-0.2, 0) is 11.2 Å². The topological polar surface area (TPSA) is 48.9 Å². The van der Waals surface area contributed by atoms with Crippen LogP contribution in [0.2, 0.25) is 0 Å². The van der Waals surface area contributed by atoms with E-state index in [2.05, 4.69) is 58.8 Å². The first kappa shape index (κ1) is 23.1. The van der Waals surface area contributed by atoms with E-state index in [1.807, 2.05) is 7.05 Å². The molecule has 0 aliphatic heterocycles. The van der Waals surface area contributed by atoms with E-state index in [9.17, 15) is 0 Å². The van der Waals surface area contributed by atoms with Crippen LogP contribution < -0.4 is 10.6 Å². The second kappa shape index (κ2) is 14.5. The number of aryl methyl sites for hydroxylation is 1. The molecule has 24 heavy (non-hydrogen) atoms. The lowest BCUT2D eigenvalue weighted by Gasteiger charge is -2.18. The number of ether oxygens (including phenoxy) is 1. The zero-order valence-corrected chi connectivity index (χ0v) is 17.8. The molecule has 0 amide bonds. The molecule has 0 saturated heterocycles. The Balaban J connectivity index is 0.00000529. The molecule has 6 heteroatoms. The molecule has 5 nitrogen and oxygen atoms in total. The Kier molecular flexibility index (Phi) is 14.0. The number of rotatable bonds is 10. The maximum Gasteiger partial charge on any atom is 0.191 e. The van der Waals surface area contributed by atoms with Gasteiger partial charge in [-0.2, -0.15) is 0 Å². The van der Waals surface area contributed by atoms with Gasteiger partial charge in [0, 0.05) is 46.9 Å². The number of nitrogens with zero attached hydrogens (tertiary/aromatic N) is 2. The van der Waals surface area contributed by atoms with Crippen LogP contribution in [0.15, 0.2) is 29.3 Å². The predicted molar refractivity (Wildman–Crippen MR) is 114 cm³/mol. The summed E-state index contributed by atoms with van der Waals surface area (Å²) in [5.41, 5.74) is 2.66. The van der Waals surface area contributed by atoms with Gasteiger partial charge < -0.3 is 20.3 Å². The zero-order valence-electron chi connectivity index (χ0n) is 15.5. The van der Waals surface area contributed by atoms with Crippen LogP contribution in [0, 0.1) is 6.92 Å². The van der Waals surface area contributed by atoms with Crippen molar-refractivity contribution in [2.45, 2.75) is 19.8 Å². The van der Waals surface area contributed by atoms with Gasteiger partial charge in [0.2, 0.25) is 0 Å². The van der Waals surface area contributed by atoms with Crippen LogP contribution in [0.3, 0.4) is 0 Å². The molecule has 0 unspecified atom stereocenters. The van der Waals surface area contributed by atoms with Crippen molar-refractivity contribution in [1.29, 1.82) is 0 Å². The molecule has 1 rings (SSSR count). The van der Waals surface area contributed by atoms with Gasteiger partial charge in [-0.3, -0.25) is 4.99 Å². The van der Waals surface area contributed by atoms with Crippen LogP contribution in [0.25, 0.3) is 0 Å². The summed E-state index contributed by atoms with van der Waals surface area (Å²) in [6.07, 6.45) is 2.07. The third-order valence-corrected chi connectivity index (χ3v) is 3.69. The molecule has 0 fully saturated rings. The van der Waals surface area contributed by atoms with E-state index in [0.717, 1.165) is 51.6 Å². The fourth-order valence-corrected chi connectivity index (χ4v) is 2.37. The molecule has 0 aromatic heterocycles. The molecule has 1 aromatic rings. The molecule has 0 spiro atoms. The van der Waals surface area contributed by atoms with Crippen LogP contribution in [-0.4, -0.2) is 64.9 Å². The second-order valence-corrected chi connectivity index (χ2v) is 5.81. The van der Waals surface area contributed by atoms with Crippen molar-refractivity contribution in [2.75, 3.05) is 54.0 Å². The van der Waals surface area contributed by atoms with Gasteiger partial charge in [-0.05, 0) is 32.4 Å². The van der Waals surface area contributed by atoms with Crippen molar-refractivity contribution in [3.05, 3.63) is 35.4 Å². The molecular formula is C18H33IN4O. The quantitative estimate of drug-likeness (QED) is 0.250. The smallest absolute Gasteiger partial charge is 0.191 e. The van der Waals surface area contributed by atoms with Crippen LogP contribution >= 0.6 is 24.0 Å². The van der Waals surface area contributed by atoms with Gasteiger partial charge >= 0.3 is 0 Å². The Hall–Kier alpha value is -0.860. The zero-order chi connectivity index (χ0) is 16.9. The SMILES string of the molecule is CN=C(NCCc1cccc(C)c1)NCCN(C)CCCOC.I. The largest absolute Gasteiger partial charge is 0.385 e. The fourth-order valence-electron chi connectivity index (χ4n) is 2.37. The first-order valence-corrected chi connectivity index (χ1v) is 8.33. The number of guanidine groups is 1. The number of halogens is 1. The van der Waals surface area contributed by atoms with Crippen molar-refractivity contribution in [3.8, 4) is 0 Å². The summed E-state index contributed by atoms with van der Waals surface area (Å²) in [6, 6.07) is 8.63. The minimum absolute atomic E-state index is 0. The van der Waals surface area contributed by atoms with E-state index in [1.54, 1.807) is 7.11 Å². The number of hydrogen-bond acceptors (Lipinski definition) is 3. The summed E-state index contributed by atoms with van der Waals surface area (Å²) in [4.78, 5) is 6.56. The highest BCUT2D eigenvalue weighted by molar-refractivity contribution is 14.0. The number of hydrogen-bond donors (Lipinski definition) is 2. The lowest BCUT2D eigenvalue weighted by molar-refractivity contribution is 0.180. The first-order chi connectivity index (χ1) is 11.2. The van der Waals surface area contributed by atoms with Crippen molar-refractivity contribution in [2.24, 2.45) is 4.99 Å². The molecule has 1 aromatic carbocycles. The number of aliphatic imine (C=N–C) groups is 1. The second-order valence-electron chi connectivity index (χ2n) is 5.81. The van der Waals surface area contributed by atoms with Crippen LogP contribution in [0.5, 0.6) is 0 Å². The number of methoxy groups -OCH3 is 1. The van der Waals surface area contributed by atoms with Gasteiger partial charge in [-0.25, -0.2) is 0 Å². The van der Waals surface area contributed by atoms with Crippen molar-refractivity contribution >= 4 is 29.9 Å². The molecule has 0 bridgehead atoms. The summed E-state index contributed by atoms with van der Waals surface area (Å²) in [5.74, 6) is 0.864. The fraction of sp³-hybridized carbons (Fsp3) is 0.611. The van der Waals surface area contributed by atoms with Gasteiger partial charge in [0.25, 0.3) is 0 Å². The molecule has 2 N–H and O–H groups in total. The third-order valence-electron chi connectivity index (χ3n) is 3.69. The Morgan fingerprint density at radius 1 is 1.21 bits per heavy atom. The molecule has 0 aliphatic rings. The highest BCUT2D eigenvalue weighted by Gasteiger charge is 2.01. The summed E-state index contributed by atoms with van der Waals surface area (Å²) in [6.45, 7) is 6.75. The molecule has 0 saturated carbocycles. The third kappa shape index (κ3) is 10.8. The van der Waals surface area contributed by atoms with Gasteiger partial charge in [0.1, 0.15) is 0 Å². The number of nitrogens with one attached hydrogen (secondary N) is 2. The van der Waals surface area contributed by atoms with Crippen molar-refractivity contribution in [3.63, 3.8) is 0 Å². The summed E-state index contributed by atoms with van der Waals surface area (Å²) in [5, 5.41) is 6.72. The molecule has 138 valence electrons. The predicted octanol–water partition coefficient (Wildman–Crippen LogP) is 2.29. The van der Waals surface area contributed by atoms with Crippen LogP contribution in [0.1, 0.15) is 17.5 Å². The Morgan fingerprint density at radius 2 is 1.96 bits per heavy atom. The molecule has 0 radical (unpaired) electrons. The Morgan fingerprint density at radius 3 is 2.62 bits per heavy atom. The van der Waals surface area contributed by atoms with Crippen LogP contribution in [0.4, 0.5) is 0 Å². The van der Waals surface area contributed by atoms with Gasteiger partial charge in [0.05, 0.1) is 0 Å². The maximum atomic E-state index is 5.07. The van der Waals surface area contributed by atoms with E-state index in [0.29, 0.717) is 0 Å². The first-order valence-electron chi connectivity index (χ1n) is 8.33. The highest BCUT2D eigenvalue weighted by Crippen LogP contribution is 2.03. The van der Waals surface area contributed by atoms with E-state index < -0.39 is 0 Å². The minimum atomic E-state index is 0. The molecule has 0 heterocycles. The average Bonchev–Trinajstić information content (AvgIpc) is 2.53. The van der Waals surface area contributed by atoms with E-state index >= 15 is 0 Å². The summed E-state index contributed by atoms with van der Waals surface area (Å²) < 4.78 is 5.07. The molecule has 0 aliphatic carbocycles. The minimum Gasteiger partial charge on any atom is -0.385 e. The normalized spacial score (nSPS) is 11.3. The number of likely N-dealkylation sites (N-methyl/N-ethyl adjacent to an activating group) is 1. The van der Waals surface area contributed by atoms with E-state index in [-0.39, 0.29) is 24.0 Å². The van der Waals surface area contributed by atoms with E-state index in [1.165, 1.54) is 11.1 Å². The lowest BCUT2D eigenvalue weighted by Crippen LogP contribution is -2.41. The van der Waals surface area contributed by atoms with Gasteiger partial charge in [-0.1, -0.05) is 29.8 Å². The Bertz CT molecular complexity index is 468. The van der Waals surface area contributed by atoms with E-state index in [4.69, 9.17) is 4.74 Å². The standard InChI is InChI=1S/C18H32N4O.HI/c1-16-7-5-8-17(15-16)9-10-20-18(19-2)21-11-13-22(3)12-6-14-23-4;/h5,7-8,15H,6,9-14H2,1-4H3,(H2,19,20,21);1H. The number of benzene rings is 1.